The molecule has 6 atom stereocenters. The average Bonchev–Trinajstić information content (AvgIpc) is 2.81. The molecule has 2 rings (SSSR count). The highest BCUT2D eigenvalue weighted by Crippen LogP contribution is 2.66. The Labute approximate surface area is 165 Å². The zero-order valence-electron chi connectivity index (χ0n) is 14.7. The second kappa shape index (κ2) is 8.82. The lowest BCUT2D eigenvalue weighted by atomic mass is 10.0. The molecule has 0 bridgehead atoms. The SMILES string of the molecule is CC1C(O)C(COP(=O)(O)OP(=O)(O)OP(=O)(O)O)OC1n1cc(F)c(=O)[nH]c1=O. The van der Waals surface area contributed by atoms with E-state index in [9.17, 15) is 37.7 Å². The van der Waals surface area contributed by atoms with Crippen LogP contribution in [0.25, 0.3) is 0 Å². The monoisotopic (exact) mass is 500 g/mol. The summed E-state index contributed by atoms with van der Waals surface area (Å²) in [6.45, 7) is 0.377. The molecule has 0 amide bonds. The molecule has 0 radical (unpaired) electrons. The third-order valence-corrected chi connectivity index (χ3v) is 7.50. The lowest BCUT2D eigenvalue weighted by Gasteiger charge is -2.19. The number of nitrogens with zero attached hydrogens (tertiary/aromatic N) is 1. The fourth-order valence-corrected chi connectivity index (χ4v) is 5.50. The van der Waals surface area contributed by atoms with Gasteiger partial charge in [-0.1, -0.05) is 6.92 Å². The van der Waals surface area contributed by atoms with Crippen LogP contribution in [0.15, 0.2) is 15.8 Å². The average molecular weight is 500 g/mol. The van der Waals surface area contributed by atoms with Crippen LogP contribution in [0.4, 0.5) is 4.39 Å². The van der Waals surface area contributed by atoms with E-state index in [1.54, 1.807) is 4.98 Å². The summed E-state index contributed by atoms with van der Waals surface area (Å²) in [6.07, 6.45) is -3.73. The van der Waals surface area contributed by atoms with Gasteiger partial charge in [0.15, 0.2) is 0 Å². The van der Waals surface area contributed by atoms with E-state index in [0.717, 1.165) is 0 Å². The molecule has 0 aliphatic carbocycles. The lowest BCUT2D eigenvalue weighted by molar-refractivity contribution is -0.0471. The molecule has 16 nitrogen and oxygen atoms in total. The summed E-state index contributed by atoms with van der Waals surface area (Å²) in [6, 6.07) is 0. The third kappa shape index (κ3) is 6.47. The number of aliphatic hydroxyl groups is 1. The summed E-state index contributed by atoms with van der Waals surface area (Å²) >= 11 is 0. The van der Waals surface area contributed by atoms with E-state index in [1.165, 1.54) is 6.92 Å². The van der Waals surface area contributed by atoms with Crippen LogP contribution in [0, 0.1) is 11.7 Å². The second-order valence-electron chi connectivity index (χ2n) is 5.95. The number of nitrogens with one attached hydrogen (secondary N) is 1. The van der Waals surface area contributed by atoms with Crippen molar-refractivity contribution >= 4 is 23.5 Å². The molecular formula is C10H16FN2O14P3. The fraction of sp³-hybridized carbons (Fsp3) is 0.600. The Morgan fingerprint density at radius 2 is 1.77 bits per heavy atom. The molecule has 0 aromatic carbocycles. The number of H-pyrrole nitrogens is 1. The Morgan fingerprint density at radius 3 is 2.33 bits per heavy atom. The van der Waals surface area contributed by atoms with Crippen molar-refractivity contribution < 1.29 is 60.6 Å². The van der Waals surface area contributed by atoms with Gasteiger partial charge in [-0.3, -0.25) is 18.9 Å². The smallest absolute Gasteiger partial charge is 0.390 e. The van der Waals surface area contributed by atoms with Gasteiger partial charge in [0.05, 0.1) is 18.9 Å². The number of rotatable bonds is 8. The van der Waals surface area contributed by atoms with Crippen molar-refractivity contribution in [1.82, 2.24) is 9.55 Å². The van der Waals surface area contributed by atoms with Gasteiger partial charge in [-0.15, -0.1) is 0 Å². The fourth-order valence-electron chi connectivity index (χ4n) is 2.47. The van der Waals surface area contributed by atoms with Crippen molar-refractivity contribution in [1.29, 1.82) is 0 Å². The molecule has 1 saturated heterocycles. The quantitative estimate of drug-likeness (QED) is 0.233. The van der Waals surface area contributed by atoms with Gasteiger partial charge >= 0.3 is 29.2 Å². The van der Waals surface area contributed by atoms with Crippen molar-refractivity contribution in [2.45, 2.75) is 25.4 Å². The maximum Gasteiger partial charge on any atom is 0.490 e. The van der Waals surface area contributed by atoms with E-state index >= 15 is 0 Å². The van der Waals surface area contributed by atoms with Gasteiger partial charge in [-0.25, -0.2) is 18.5 Å². The molecule has 1 aromatic rings. The first-order chi connectivity index (χ1) is 13.5. The molecule has 0 saturated carbocycles. The highest BCUT2D eigenvalue weighted by atomic mass is 31.3. The zero-order chi connectivity index (χ0) is 23.1. The topological polar surface area (TPSA) is 244 Å². The highest BCUT2D eigenvalue weighted by Gasteiger charge is 2.45. The van der Waals surface area contributed by atoms with Crippen LogP contribution < -0.4 is 11.2 Å². The van der Waals surface area contributed by atoms with E-state index < -0.39 is 71.5 Å². The molecule has 6 N–H and O–H groups in total. The number of phosphoric ester groups is 1. The van der Waals surface area contributed by atoms with Gasteiger partial charge in [-0.2, -0.15) is 13.0 Å². The number of ether oxygens (including phenoxy) is 1. The summed E-state index contributed by atoms with van der Waals surface area (Å²) in [7, 11) is -16.8. The second-order valence-corrected chi connectivity index (χ2v) is 10.4. The van der Waals surface area contributed by atoms with E-state index in [4.69, 9.17) is 19.4 Å². The van der Waals surface area contributed by atoms with Crippen LogP contribution in [-0.4, -0.2) is 53.0 Å². The van der Waals surface area contributed by atoms with Gasteiger partial charge < -0.3 is 29.4 Å². The summed E-state index contributed by atoms with van der Waals surface area (Å²) in [4.78, 5) is 60.0. The summed E-state index contributed by atoms with van der Waals surface area (Å²) < 4.78 is 64.3. The lowest BCUT2D eigenvalue weighted by Crippen LogP contribution is -2.35. The maximum atomic E-state index is 13.5. The number of phosphoric acid groups is 3. The summed E-state index contributed by atoms with van der Waals surface area (Å²) in [5, 5.41) is 10.2. The first-order valence-electron chi connectivity index (χ1n) is 7.64. The molecule has 2 heterocycles. The molecular weight excluding hydrogens is 484 g/mol. The van der Waals surface area contributed by atoms with Crippen LogP contribution in [0.3, 0.4) is 0 Å². The number of aliphatic hydroxyl groups excluding tert-OH is 1. The van der Waals surface area contributed by atoms with Crippen molar-refractivity contribution in [2.24, 2.45) is 5.92 Å². The largest absolute Gasteiger partial charge is 0.490 e. The molecule has 20 heteroatoms. The number of aromatic amines is 1. The van der Waals surface area contributed by atoms with Crippen LogP contribution in [-0.2, 0) is 31.6 Å². The number of halogens is 1. The Morgan fingerprint density at radius 1 is 1.17 bits per heavy atom. The van der Waals surface area contributed by atoms with Gasteiger partial charge in [0.2, 0.25) is 5.82 Å². The van der Waals surface area contributed by atoms with E-state index in [2.05, 4.69) is 13.1 Å². The molecule has 1 fully saturated rings. The van der Waals surface area contributed by atoms with E-state index in [1.807, 2.05) is 0 Å². The zero-order valence-corrected chi connectivity index (χ0v) is 17.4. The number of hydrogen-bond donors (Lipinski definition) is 6. The normalized spacial score (nSPS) is 28.8. The molecule has 1 aliphatic rings. The Kier molecular flexibility index (Phi) is 7.41. The predicted molar refractivity (Wildman–Crippen MR) is 90.2 cm³/mol. The minimum absolute atomic E-state index is 0.528. The minimum Gasteiger partial charge on any atom is -0.390 e. The number of aromatic nitrogens is 2. The highest BCUT2D eigenvalue weighted by molar-refractivity contribution is 7.66. The first-order valence-corrected chi connectivity index (χ1v) is 12.2. The summed E-state index contributed by atoms with van der Waals surface area (Å²) in [5.41, 5.74) is -2.36. The standard InChI is InChI=1S/C10H16FN2O14P3/c1-4-7(14)6(25-9(4)13-2-5(11)8(15)12-10(13)16)3-24-29(20,21)27-30(22,23)26-28(17,18)19/h2,4,6-7,9,14H,3H2,1H3,(H,20,21)(H,22,23)(H,12,15,16)(H2,17,18,19). The van der Waals surface area contributed by atoms with Crippen molar-refractivity contribution in [2.75, 3.05) is 6.61 Å². The van der Waals surface area contributed by atoms with Crippen LogP contribution in [0.2, 0.25) is 0 Å². The van der Waals surface area contributed by atoms with Crippen LogP contribution in [0.5, 0.6) is 0 Å². The third-order valence-electron chi connectivity index (χ3n) is 3.70. The Balaban J connectivity index is 2.09. The van der Waals surface area contributed by atoms with Gasteiger partial charge in [0.1, 0.15) is 12.3 Å². The molecule has 1 aromatic heterocycles. The first kappa shape index (κ1) is 25.2. The van der Waals surface area contributed by atoms with Crippen LogP contribution >= 0.6 is 23.5 Å². The maximum absolute atomic E-state index is 13.5. The van der Waals surface area contributed by atoms with Crippen molar-refractivity contribution in [3.05, 3.63) is 32.9 Å². The summed E-state index contributed by atoms with van der Waals surface area (Å²) in [5.74, 6) is -2.25. The number of hydrogen-bond acceptors (Lipinski definition) is 10. The van der Waals surface area contributed by atoms with Gasteiger partial charge in [0, 0.05) is 5.92 Å². The van der Waals surface area contributed by atoms with Gasteiger partial charge in [-0.05, 0) is 0 Å². The van der Waals surface area contributed by atoms with Gasteiger partial charge in [0.25, 0.3) is 5.56 Å². The molecule has 6 unspecified atom stereocenters. The van der Waals surface area contributed by atoms with Crippen molar-refractivity contribution in [3.8, 4) is 0 Å². The van der Waals surface area contributed by atoms with E-state index in [-0.39, 0.29) is 0 Å². The minimum atomic E-state index is -5.73. The molecule has 172 valence electrons. The molecule has 30 heavy (non-hydrogen) atoms. The predicted octanol–water partition coefficient (Wildman–Crippen LogP) is -1.09. The molecule has 1 aliphatic heterocycles. The van der Waals surface area contributed by atoms with Crippen LogP contribution in [0.1, 0.15) is 13.2 Å². The molecule has 0 spiro atoms. The van der Waals surface area contributed by atoms with E-state index in [0.29, 0.717) is 10.8 Å². The Bertz CT molecular complexity index is 1050. The Hall–Kier alpha value is -1.06. The van der Waals surface area contributed by atoms with Crippen molar-refractivity contribution in [3.63, 3.8) is 0 Å².